The average Bonchev–Trinajstić information content (AvgIpc) is 3.35. The van der Waals surface area contributed by atoms with Gasteiger partial charge < -0.3 is 19.9 Å². The van der Waals surface area contributed by atoms with Gasteiger partial charge in [0, 0.05) is 26.2 Å². The van der Waals surface area contributed by atoms with E-state index in [2.05, 4.69) is 5.32 Å². The zero-order chi connectivity index (χ0) is 22.0. The minimum absolute atomic E-state index is 0.00286. The molecule has 1 aromatic rings. The number of carbonyl (C=O) groups excluding carboxylic acids is 4. The van der Waals surface area contributed by atoms with Gasteiger partial charge in [-0.05, 0) is 43.2 Å². The van der Waals surface area contributed by atoms with Crippen molar-refractivity contribution < 1.29 is 23.9 Å². The SMILES string of the molecule is CN(C(=O)COc1ccccc1)[C@H]1C[C@H]2CCN(C(=O)CN3C(=O)CNC3=O)C[C@H]2C1. The summed E-state index contributed by atoms with van der Waals surface area (Å²) >= 11 is 0. The van der Waals surface area contributed by atoms with E-state index in [1.54, 1.807) is 9.80 Å². The second-order valence-electron chi connectivity index (χ2n) is 8.52. The van der Waals surface area contributed by atoms with Gasteiger partial charge in [-0.15, -0.1) is 0 Å². The van der Waals surface area contributed by atoms with E-state index in [1.165, 1.54) is 0 Å². The van der Waals surface area contributed by atoms with Crippen molar-refractivity contribution in [3.05, 3.63) is 30.3 Å². The fourth-order valence-electron chi connectivity index (χ4n) is 4.81. The van der Waals surface area contributed by atoms with Crippen LogP contribution in [0.5, 0.6) is 5.75 Å². The maximum absolute atomic E-state index is 12.6. The monoisotopic (exact) mass is 428 g/mol. The van der Waals surface area contributed by atoms with Crippen molar-refractivity contribution >= 4 is 23.8 Å². The van der Waals surface area contributed by atoms with Crippen molar-refractivity contribution in [3.63, 3.8) is 0 Å². The number of piperidine rings is 1. The van der Waals surface area contributed by atoms with E-state index in [1.807, 2.05) is 37.4 Å². The summed E-state index contributed by atoms with van der Waals surface area (Å²) < 4.78 is 5.59. The Kier molecular flexibility index (Phi) is 6.11. The Labute approximate surface area is 181 Å². The average molecular weight is 428 g/mol. The van der Waals surface area contributed by atoms with Crippen LogP contribution in [0.25, 0.3) is 0 Å². The van der Waals surface area contributed by atoms with Crippen molar-refractivity contribution in [1.82, 2.24) is 20.0 Å². The topological polar surface area (TPSA) is 99.3 Å². The van der Waals surface area contributed by atoms with Crippen molar-refractivity contribution in [2.75, 3.05) is 39.8 Å². The van der Waals surface area contributed by atoms with Crippen molar-refractivity contribution in [2.45, 2.75) is 25.3 Å². The quantitative estimate of drug-likeness (QED) is 0.673. The number of amides is 5. The van der Waals surface area contributed by atoms with E-state index in [9.17, 15) is 19.2 Å². The fraction of sp³-hybridized carbons (Fsp3) is 0.545. The predicted molar refractivity (Wildman–Crippen MR) is 111 cm³/mol. The molecule has 0 aromatic heterocycles. The molecule has 3 aliphatic rings. The molecule has 5 amide bonds. The third-order valence-electron chi connectivity index (χ3n) is 6.67. The lowest BCUT2D eigenvalue weighted by Gasteiger charge is -2.35. The fourth-order valence-corrected chi connectivity index (χ4v) is 4.81. The number of carbonyl (C=O) groups is 4. The van der Waals surface area contributed by atoms with Crippen LogP contribution in [0.15, 0.2) is 30.3 Å². The van der Waals surface area contributed by atoms with E-state index in [-0.39, 0.29) is 43.5 Å². The molecule has 4 rings (SSSR count). The van der Waals surface area contributed by atoms with Crippen LogP contribution in [-0.2, 0) is 14.4 Å². The highest BCUT2D eigenvalue weighted by atomic mass is 16.5. The number of nitrogens with zero attached hydrogens (tertiary/aromatic N) is 3. The summed E-state index contributed by atoms with van der Waals surface area (Å²) in [6, 6.07) is 8.89. The molecule has 2 saturated heterocycles. The van der Waals surface area contributed by atoms with E-state index in [0.717, 1.165) is 24.2 Å². The van der Waals surface area contributed by atoms with Crippen molar-refractivity contribution in [3.8, 4) is 5.75 Å². The standard InChI is InChI=1S/C22H28N4O5/c1-24(21(29)14-31-18-5-3-2-4-6-18)17-9-15-7-8-25(12-16(15)10-17)20(28)13-26-19(27)11-23-22(26)30/h2-6,15-17H,7-14H2,1H3,(H,23,30)/t15-,16-,17+/m1/s1. The Balaban J connectivity index is 1.27. The number of hydrogen-bond acceptors (Lipinski definition) is 5. The lowest BCUT2D eigenvalue weighted by atomic mass is 9.88. The van der Waals surface area contributed by atoms with Gasteiger partial charge in [-0.25, -0.2) is 4.79 Å². The number of likely N-dealkylation sites (N-methyl/N-ethyl adjacent to an activating group) is 1. The summed E-state index contributed by atoms with van der Waals surface area (Å²) in [5.74, 6) is 0.829. The van der Waals surface area contributed by atoms with Crippen molar-refractivity contribution in [2.24, 2.45) is 11.8 Å². The van der Waals surface area contributed by atoms with Gasteiger partial charge >= 0.3 is 6.03 Å². The third kappa shape index (κ3) is 4.65. The van der Waals surface area contributed by atoms with Crippen LogP contribution >= 0.6 is 0 Å². The first-order chi connectivity index (χ1) is 14.9. The molecule has 0 bridgehead atoms. The second kappa shape index (κ2) is 8.95. The number of nitrogens with one attached hydrogen (secondary N) is 1. The molecular formula is C22H28N4O5. The molecule has 0 radical (unpaired) electrons. The molecule has 2 heterocycles. The predicted octanol–water partition coefficient (Wildman–Crippen LogP) is 0.703. The molecule has 3 atom stereocenters. The molecule has 3 fully saturated rings. The smallest absolute Gasteiger partial charge is 0.325 e. The zero-order valence-electron chi connectivity index (χ0n) is 17.7. The van der Waals surface area contributed by atoms with E-state index < -0.39 is 6.03 Å². The number of para-hydroxylation sites is 1. The van der Waals surface area contributed by atoms with Crippen LogP contribution in [0.3, 0.4) is 0 Å². The number of rotatable bonds is 6. The number of fused-ring (bicyclic) bond motifs is 1. The maximum Gasteiger partial charge on any atom is 0.325 e. The highest BCUT2D eigenvalue weighted by molar-refractivity contribution is 6.04. The van der Waals surface area contributed by atoms with Crippen LogP contribution in [-0.4, -0.2) is 84.3 Å². The minimum Gasteiger partial charge on any atom is -0.484 e. The summed E-state index contributed by atoms with van der Waals surface area (Å²) in [5.41, 5.74) is 0. The number of hydrogen-bond donors (Lipinski definition) is 1. The van der Waals surface area contributed by atoms with E-state index >= 15 is 0 Å². The Morgan fingerprint density at radius 1 is 1.16 bits per heavy atom. The van der Waals surface area contributed by atoms with Crippen LogP contribution in [0.1, 0.15) is 19.3 Å². The molecule has 1 aliphatic carbocycles. The van der Waals surface area contributed by atoms with Gasteiger partial charge in [-0.3, -0.25) is 19.3 Å². The maximum atomic E-state index is 12.6. The van der Waals surface area contributed by atoms with Gasteiger partial charge in [0.25, 0.3) is 11.8 Å². The normalized spacial score (nSPS) is 25.3. The number of likely N-dealkylation sites (tertiary alicyclic amines) is 1. The molecule has 1 saturated carbocycles. The molecule has 1 aromatic carbocycles. The number of benzene rings is 1. The summed E-state index contributed by atoms with van der Waals surface area (Å²) in [6.45, 7) is 0.966. The van der Waals surface area contributed by atoms with Gasteiger partial charge in [0.15, 0.2) is 6.61 Å². The molecule has 2 aliphatic heterocycles. The first-order valence-corrected chi connectivity index (χ1v) is 10.7. The van der Waals surface area contributed by atoms with Gasteiger partial charge in [0.1, 0.15) is 12.3 Å². The molecule has 9 heteroatoms. The molecule has 0 spiro atoms. The van der Waals surface area contributed by atoms with Crippen LogP contribution in [0.4, 0.5) is 4.79 Å². The third-order valence-corrected chi connectivity index (χ3v) is 6.67. The molecular weight excluding hydrogens is 400 g/mol. The molecule has 9 nitrogen and oxygen atoms in total. The highest BCUT2D eigenvalue weighted by Gasteiger charge is 2.42. The van der Waals surface area contributed by atoms with Crippen LogP contribution in [0.2, 0.25) is 0 Å². The molecule has 1 N–H and O–H groups in total. The van der Waals surface area contributed by atoms with Crippen LogP contribution in [0, 0.1) is 11.8 Å². The molecule has 166 valence electrons. The Bertz CT molecular complexity index is 845. The largest absolute Gasteiger partial charge is 0.484 e. The molecule has 0 unspecified atom stereocenters. The Morgan fingerprint density at radius 2 is 1.90 bits per heavy atom. The van der Waals surface area contributed by atoms with E-state index in [4.69, 9.17) is 4.74 Å². The lowest BCUT2D eigenvalue weighted by Crippen LogP contribution is -2.47. The summed E-state index contributed by atoms with van der Waals surface area (Å²) in [5, 5.41) is 2.43. The Hall–Kier alpha value is -3.10. The van der Waals surface area contributed by atoms with Gasteiger partial charge in [0.05, 0.1) is 6.54 Å². The number of urea groups is 1. The molecule has 31 heavy (non-hydrogen) atoms. The first-order valence-electron chi connectivity index (χ1n) is 10.7. The Morgan fingerprint density at radius 3 is 2.61 bits per heavy atom. The first kappa shape index (κ1) is 21.1. The summed E-state index contributed by atoms with van der Waals surface area (Å²) in [4.78, 5) is 53.2. The van der Waals surface area contributed by atoms with E-state index in [0.29, 0.717) is 30.7 Å². The van der Waals surface area contributed by atoms with Crippen molar-refractivity contribution in [1.29, 1.82) is 0 Å². The van der Waals surface area contributed by atoms with Gasteiger partial charge in [-0.2, -0.15) is 0 Å². The number of ether oxygens (including phenoxy) is 1. The summed E-state index contributed by atoms with van der Waals surface area (Å²) in [7, 11) is 1.82. The minimum atomic E-state index is -0.507. The second-order valence-corrected chi connectivity index (χ2v) is 8.52. The number of imide groups is 1. The highest BCUT2D eigenvalue weighted by Crippen LogP contribution is 2.40. The zero-order valence-corrected chi connectivity index (χ0v) is 17.7. The van der Waals surface area contributed by atoms with Gasteiger partial charge in [-0.1, -0.05) is 18.2 Å². The summed E-state index contributed by atoms with van der Waals surface area (Å²) in [6.07, 6.45) is 2.63. The van der Waals surface area contributed by atoms with Gasteiger partial charge in [0.2, 0.25) is 5.91 Å². The van der Waals surface area contributed by atoms with Crippen LogP contribution < -0.4 is 10.1 Å². The lowest BCUT2D eigenvalue weighted by molar-refractivity contribution is -0.138.